The number of azo groups is 1. The molecule has 2 aromatic heterocycles. The average Bonchev–Trinajstić information content (AvgIpc) is 3.42. The zero-order chi connectivity index (χ0) is 21.4. The largest absolute Gasteiger partial charge is 0.494 e. The Bertz CT molecular complexity index is 1170. The molecule has 156 valence electrons. The SMILES string of the molecule is Cn1cc(Br)cc1C(=O)N=NC(=O)c1ccc2c(O)n(CC3CCCO3)c(O)c2c1. The second kappa shape index (κ2) is 8.04. The molecule has 1 saturated heterocycles. The van der Waals surface area contributed by atoms with Gasteiger partial charge in [-0.2, -0.15) is 0 Å². The summed E-state index contributed by atoms with van der Waals surface area (Å²) in [6.45, 7) is 0.977. The molecule has 1 unspecified atom stereocenters. The van der Waals surface area contributed by atoms with Gasteiger partial charge in [0, 0.05) is 40.7 Å². The van der Waals surface area contributed by atoms with Crippen molar-refractivity contribution in [1.29, 1.82) is 0 Å². The second-order valence-corrected chi connectivity index (χ2v) is 8.03. The van der Waals surface area contributed by atoms with Crippen LogP contribution in [0, 0.1) is 0 Å². The molecule has 4 rings (SSSR count). The molecule has 1 fully saturated rings. The fourth-order valence-corrected chi connectivity index (χ4v) is 4.07. The monoisotopic (exact) mass is 474 g/mol. The smallest absolute Gasteiger partial charge is 0.312 e. The number of nitrogens with zero attached hydrogens (tertiary/aromatic N) is 4. The van der Waals surface area contributed by atoms with Gasteiger partial charge in [0.15, 0.2) is 0 Å². The molecular formula is C20H19BrN4O5. The van der Waals surface area contributed by atoms with Gasteiger partial charge >= 0.3 is 5.91 Å². The maximum atomic E-state index is 12.4. The average molecular weight is 475 g/mol. The molecular weight excluding hydrogens is 456 g/mol. The molecule has 0 bridgehead atoms. The highest BCUT2D eigenvalue weighted by atomic mass is 79.9. The van der Waals surface area contributed by atoms with Crippen molar-refractivity contribution in [3.63, 3.8) is 0 Å². The van der Waals surface area contributed by atoms with Gasteiger partial charge in [-0.1, -0.05) is 0 Å². The maximum Gasteiger partial charge on any atom is 0.312 e. The highest BCUT2D eigenvalue weighted by molar-refractivity contribution is 9.10. The highest BCUT2D eigenvalue weighted by Gasteiger charge is 2.23. The minimum absolute atomic E-state index is 0.0814. The lowest BCUT2D eigenvalue weighted by atomic mass is 10.1. The van der Waals surface area contributed by atoms with Gasteiger partial charge in [-0.05, 0) is 53.0 Å². The number of carbonyl (C=O) groups is 2. The molecule has 1 aliphatic rings. The summed E-state index contributed by atoms with van der Waals surface area (Å²) in [4.78, 5) is 24.5. The number of carbonyl (C=O) groups excluding carboxylic acids is 2. The van der Waals surface area contributed by atoms with Gasteiger partial charge in [-0.15, -0.1) is 10.2 Å². The van der Waals surface area contributed by atoms with E-state index in [0.717, 1.165) is 12.8 Å². The standard InChI is InChI=1S/C20H19BrN4O5/c1-24-9-12(21)8-16(24)18(27)23-22-17(26)11-4-5-14-15(7-11)20(29)25(19(14)28)10-13-3-2-6-30-13/h4-5,7-9,13,28-29H,2-3,6,10H2,1H3. The van der Waals surface area contributed by atoms with E-state index >= 15 is 0 Å². The van der Waals surface area contributed by atoms with E-state index in [-0.39, 0.29) is 29.1 Å². The van der Waals surface area contributed by atoms with Crippen LogP contribution < -0.4 is 0 Å². The van der Waals surface area contributed by atoms with Gasteiger partial charge in [0.05, 0.1) is 12.6 Å². The summed E-state index contributed by atoms with van der Waals surface area (Å²) in [6.07, 6.45) is 3.40. The summed E-state index contributed by atoms with van der Waals surface area (Å²) >= 11 is 3.27. The Labute approximate surface area is 179 Å². The molecule has 1 aromatic carbocycles. The summed E-state index contributed by atoms with van der Waals surface area (Å²) in [5.41, 5.74) is 0.416. The molecule has 0 spiro atoms. The molecule has 9 nitrogen and oxygen atoms in total. The Hall–Kier alpha value is -2.98. The first-order valence-corrected chi connectivity index (χ1v) is 10.1. The number of halogens is 1. The van der Waals surface area contributed by atoms with Gasteiger partial charge in [0.2, 0.25) is 11.8 Å². The number of aromatic hydroxyl groups is 2. The number of aromatic nitrogens is 2. The van der Waals surface area contributed by atoms with Crippen molar-refractivity contribution in [2.24, 2.45) is 17.3 Å². The van der Waals surface area contributed by atoms with Crippen LogP contribution in [-0.2, 0) is 18.3 Å². The molecule has 0 saturated carbocycles. The predicted molar refractivity (Wildman–Crippen MR) is 111 cm³/mol. The minimum atomic E-state index is -0.732. The highest BCUT2D eigenvalue weighted by Crippen LogP contribution is 2.37. The third kappa shape index (κ3) is 3.75. The molecule has 2 amide bonds. The van der Waals surface area contributed by atoms with Gasteiger partial charge in [0.25, 0.3) is 5.91 Å². The number of benzene rings is 1. The third-order valence-electron chi connectivity index (χ3n) is 5.09. The van der Waals surface area contributed by atoms with E-state index < -0.39 is 11.8 Å². The minimum Gasteiger partial charge on any atom is -0.494 e. The van der Waals surface area contributed by atoms with Crippen molar-refractivity contribution < 1.29 is 24.5 Å². The summed E-state index contributed by atoms with van der Waals surface area (Å²) in [5.74, 6) is -1.64. The van der Waals surface area contributed by atoms with Crippen LogP contribution in [0.3, 0.4) is 0 Å². The molecule has 0 aliphatic carbocycles. The summed E-state index contributed by atoms with van der Waals surface area (Å²) in [7, 11) is 1.68. The number of fused-ring (bicyclic) bond motifs is 1. The fourth-order valence-electron chi connectivity index (χ4n) is 3.55. The molecule has 1 atom stereocenters. The zero-order valence-corrected chi connectivity index (χ0v) is 17.7. The van der Waals surface area contributed by atoms with Crippen LogP contribution in [0.1, 0.15) is 33.7 Å². The van der Waals surface area contributed by atoms with Crippen LogP contribution in [0.4, 0.5) is 0 Å². The summed E-state index contributed by atoms with van der Waals surface area (Å²) < 4.78 is 9.21. The first-order valence-electron chi connectivity index (χ1n) is 9.33. The van der Waals surface area contributed by atoms with E-state index in [1.165, 1.54) is 22.8 Å². The number of rotatable bonds is 4. The fraction of sp³-hybridized carbons (Fsp3) is 0.300. The van der Waals surface area contributed by atoms with Crippen LogP contribution in [-0.4, -0.2) is 43.9 Å². The third-order valence-corrected chi connectivity index (χ3v) is 5.53. The predicted octanol–water partition coefficient (Wildman–Crippen LogP) is 3.77. The number of amides is 2. The lowest BCUT2D eigenvalue weighted by Gasteiger charge is -2.12. The van der Waals surface area contributed by atoms with Crippen LogP contribution in [0.25, 0.3) is 10.8 Å². The first-order chi connectivity index (χ1) is 14.3. The van der Waals surface area contributed by atoms with Crippen molar-refractivity contribution in [2.45, 2.75) is 25.5 Å². The summed E-state index contributed by atoms with van der Waals surface area (Å²) in [6, 6.07) is 5.98. The Morgan fingerprint density at radius 3 is 2.57 bits per heavy atom. The van der Waals surface area contributed by atoms with E-state index in [4.69, 9.17) is 4.74 Å². The van der Waals surface area contributed by atoms with Crippen molar-refractivity contribution >= 4 is 38.5 Å². The first kappa shape index (κ1) is 20.3. The van der Waals surface area contributed by atoms with E-state index in [1.54, 1.807) is 23.9 Å². The lowest BCUT2D eigenvalue weighted by molar-refractivity contribution is 0.0930. The lowest BCUT2D eigenvalue weighted by Crippen LogP contribution is -2.14. The van der Waals surface area contributed by atoms with Crippen molar-refractivity contribution in [1.82, 2.24) is 9.13 Å². The molecule has 30 heavy (non-hydrogen) atoms. The van der Waals surface area contributed by atoms with Crippen molar-refractivity contribution in [3.05, 3.63) is 46.2 Å². The van der Waals surface area contributed by atoms with E-state index in [1.807, 2.05) is 0 Å². The van der Waals surface area contributed by atoms with E-state index in [0.29, 0.717) is 28.4 Å². The van der Waals surface area contributed by atoms with Gasteiger partial charge in [0.1, 0.15) is 5.69 Å². The van der Waals surface area contributed by atoms with E-state index in [9.17, 15) is 19.8 Å². The Morgan fingerprint density at radius 2 is 1.90 bits per heavy atom. The maximum absolute atomic E-state index is 12.4. The van der Waals surface area contributed by atoms with Gasteiger partial charge < -0.3 is 19.5 Å². The Morgan fingerprint density at radius 1 is 1.17 bits per heavy atom. The van der Waals surface area contributed by atoms with Crippen LogP contribution >= 0.6 is 15.9 Å². The molecule has 2 N–H and O–H groups in total. The Kier molecular flexibility index (Phi) is 5.44. The molecule has 3 heterocycles. The van der Waals surface area contributed by atoms with Crippen LogP contribution in [0.15, 0.2) is 45.2 Å². The van der Waals surface area contributed by atoms with Crippen LogP contribution in [0.2, 0.25) is 0 Å². The number of hydrogen-bond donors (Lipinski definition) is 2. The normalized spacial score (nSPS) is 16.7. The van der Waals surface area contributed by atoms with Crippen LogP contribution in [0.5, 0.6) is 11.8 Å². The zero-order valence-electron chi connectivity index (χ0n) is 16.1. The van der Waals surface area contributed by atoms with Crippen molar-refractivity contribution in [3.8, 4) is 11.8 Å². The number of hydrogen-bond acceptors (Lipinski definition) is 5. The number of aryl methyl sites for hydroxylation is 1. The van der Waals surface area contributed by atoms with Gasteiger partial charge in [-0.3, -0.25) is 14.2 Å². The molecule has 0 radical (unpaired) electrons. The molecule has 10 heteroatoms. The van der Waals surface area contributed by atoms with Gasteiger partial charge in [-0.25, -0.2) is 0 Å². The second-order valence-electron chi connectivity index (χ2n) is 7.12. The molecule has 1 aliphatic heterocycles. The Balaban J connectivity index is 1.58. The number of ether oxygens (including phenoxy) is 1. The quantitative estimate of drug-likeness (QED) is 0.557. The van der Waals surface area contributed by atoms with E-state index in [2.05, 4.69) is 26.2 Å². The van der Waals surface area contributed by atoms with Crippen molar-refractivity contribution in [2.75, 3.05) is 6.61 Å². The topological polar surface area (TPSA) is 118 Å². The molecule has 3 aromatic rings. The summed E-state index contributed by atoms with van der Waals surface area (Å²) in [5, 5.41) is 28.7.